The highest BCUT2D eigenvalue weighted by atomic mass is 16.5. The first-order chi connectivity index (χ1) is 10.4. The Morgan fingerprint density at radius 3 is 2.59 bits per heavy atom. The van der Waals surface area contributed by atoms with Crippen LogP contribution in [0.3, 0.4) is 0 Å². The molecule has 1 atom stereocenters. The molecule has 0 unspecified atom stereocenters. The van der Waals surface area contributed by atoms with E-state index in [1.165, 1.54) is 12.0 Å². The average molecular weight is 299 g/mol. The standard InChI is InChI=1S/C17H21N3O2/c1-17(2,3)14-6-4-12(5-7-14)16(21)20-9-8-13(10-20)15-18-11-22-19-15/h4-7,11,13H,8-10H2,1-3H3/t13-/m1/s1. The molecule has 1 aromatic heterocycles. The minimum absolute atomic E-state index is 0.0754. The molecule has 0 N–H and O–H groups in total. The SMILES string of the molecule is CC(C)(C)c1ccc(C(=O)N2CC[C@@H](c3ncon3)C2)cc1. The molecule has 1 fully saturated rings. The van der Waals surface area contributed by atoms with Crippen LogP contribution in [0.25, 0.3) is 0 Å². The predicted molar refractivity (Wildman–Crippen MR) is 82.7 cm³/mol. The first-order valence-corrected chi connectivity index (χ1v) is 7.61. The van der Waals surface area contributed by atoms with E-state index in [2.05, 4.69) is 30.9 Å². The molecule has 0 bridgehead atoms. The second-order valence-corrected chi connectivity index (χ2v) is 6.85. The number of hydrogen-bond donors (Lipinski definition) is 0. The molecule has 3 rings (SSSR count). The van der Waals surface area contributed by atoms with E-state index in [9.17, 15) is 4.79 Å². The van der Waals surface area contributed by atoms with Gasteiger partial charge in [0.05, 0.1) is 0 Å². The second-order valence-electron chi connectivity index (χ2n) is 6.85. The third-order valence-electron chi connectivity index (χ3n) is 4.22. The van der Waals surface area contributed by atoms with Gasteiger partial charge in [0.1, 0.15) is 0 Å². The van der Waals surface area contributed by atoms with Crippen LogP contribution in [-0.4, -0.2) is 34.0 Å². The number of hydrogen-bond acceptors (Lipinski definition) is 4. The molecule has 0 saturated carbocycles. The molecule has 1 aliphatic rings. The number of aromatic nitrogens is 2. The van der Waals surface area contributed by atoms with Crippen molar-refractivity contribution in [2.24, 2.45) is 0 Å². The maximum atomic E-state index is 12.6. The molecule has 1 saturated heterocycles. The number of rotatable bonds is 2. The summed E-state index contributed by atoms with van der Waals surface area (Å²) in [5.74, 6) is 0.946. The van der Waals surface area contributed by atoms with Crippen LogP contribution in [0, 0.1) is 0 Å². The summed E-state index contributed by atoms with van der Waals surface area (Å²) in [6.45, 7) is 7.89. The molecule has 0 spiro atoms. The van der Waals surface area contributed by atoms with Crippen LogP contribution < -0.4 is 0 Å². The summed E-state index contributed by atoms with van der Waals surface area (Å²) >= 11 is 0. The fourth-order valence-electron chi connectivity index (χ4n) is 2.81. The number of carbonyl (C=O) groups is 1. The number of amides is 1. The summed E-state index contributed by atoms with van der Waals surface area (Å²) in [6, 6.07) is 7.93. The normalized spacial score (nSPS) is 18.7. The van der Waals surface area contributed by atoms with Gasteiger partial charge in [0, 0.05) is 24.6 Å². The molecular weight excluding hydrogens is 278 g/mol. The van der Waals surface area contributed by atoms with Crippen molar-refractivity contribution < 1.29 is 9.32 Å². The summed E-state index contributed by atoms with van der Waals surface area (Å²) in [5.41, 5.74) is 2.07. The van der Waals surface area contributed by atoms with E-state index in [4.69, 9.17) is 4.52 Å². The molecule has 2 aromatic rings. The Bertz CT molecular complexity index is 642. The summed E-state index contributed by atoms with van der Waals surface area (Å²) in [5, 5.41) is 3.88. The van der Waals surface area contributed by atoms with Crippen LogP contribution >= 0.6 is 0 Å². The van der Waals surface area contributed by atoms with Gasteiger partial charge in [0.15, 0.2) is 5.82 Å². The van der Waals surface area contributed by atoms with Gasteiger partial charge in [-0.2, -0.15) is 4.98 Å². The molecule has 0 aliphatic carbocycles. The van der Waals surface area contributed by atoms with E-state index in [1.807, 2.05) is 29.2 Å². The average Bonchev–Trinajstić information content (AvgIpc) is 3.16. The van der Waals surface area contributed by atoms with E-state index < -0.39 is 0 Å². The van der Waals surface area contributed by atoms with Crippen molar-refractivity contribution in [2.45, 2.75) is 38.5 Å². The lowest BCUT2D eigenvalue weighted by atomic mass is 9.86. The lowest BCUT2D eigenvalue weighted by Gasteiger charge is -2.20. The third kappa shape index (κ3) is 2.89. The Kier molecular flexibility index (Phi) is 3.72. The Labute approximate surface area is 130 Å². The van der Waals surface area contributed by atoms with Crippen LogP contribution in [-0.2, 0) is 5.41 Å². The highest BCUT2D eigenvalue weighted by molar-refractivity contribution is 5.94. The van der Waals surface area contributed by atoms with Crippen LogP contribution in [0.4, 0.5) is 0 Å². The molecule has 5 heteroatoms. The zero-order valence-electron chi connectivity index (χ0n) is 13.2. The molecule has 1 aliphatic heterocycles. The first kappa shape index (κ1) is 14.8. The first-order valence-electron chi connectivity index (χ1n) is 7.61. The molecule has 0 radical (unpaired) electrons. The van der Waals surface area contributed by atoms with Gasteiger partial charge < -0.3 is 9.42 Å². The van der Waals surface area contributed by atoms with E-state index in [0.29, 0.717) is 12.4 Å². The van der Waals surface area contributed by atoms with Gasteiger partial charge >= 0.3 is 0 Å². The number of nitrogens with zero attached hydrogens (tertiary/aromatic N) is 3. The van der Waals surface area contributed by atoms with Gasteiger partial charge in [-0.3, -0.25) is 4.79 Å². The molecule has 5 nitrogen and oxygen atoms in total. The predicted octanol–water partition coefficient (Wildman–Crippen LogP) is 3.00. The largest absolute Gasteiger partial charge is 0.343 e. The lowest BCUT2D eigenvalue weighted by molar-refractivity contribution is 0.0790. The van der Waals surface area contributed by atoms with Gasteiger partial charge in [-0.25, -0.2) is 0 Å². The maximum Gasteiger partial charge on any atom is 0.253 e. The maximum absolute atomic E-state index is 12.6. The van der Waals surface area contributed by atoms with Gasteiger partial charge in [0.2, 0.25) is 6.39 Å². The van der Waals surface area contributed by atoms with Crippen molar-refractivity contribution in [3.05, 3.63) is 47.6 Å². The molecule has 22 heavy (non-hydrogen) atoms. The summed E-state index contributed by atoms with van der Waals surface area (Å²) in [6.07, 6.45) is 2.22. The fraction of sp³-hybridized carbons (Fsp3) is 0.471. The highest BCUT2D eigenvalue weighted by Crippen LogP contribution is 2.27. The van der Waals surface area contributed by atoms with Crippen LogP contribution in [0.15, 0.2) is 35.2 Å². The van der Waals surface area contributed by atoms with Crippen molar-refractivity contribution in [1.29, 1.82) is 0 Å². The summed E-state index contributed by atoms with van der Waals surface area (Å²) in [4.78, 5) is 18.5. The topological polar surface area (TPSA) is 59.2 Å². The molecule has 1 amide bonds. The van der Waals surface area contributed by atoms with Gasteiger partial charge in [-0.05, 0) is 29.5 Å². The van der Waals surface area contributed by atoms with Crippen LogP contribution in [0.2, 0.25) is 0 Å². The van der Waals surface area contributed by atoms with Crippen molar-refractivity contribution in [2.75, 3.05) is 13.1 Å². The summed E-state index contributed by atoms with van der Waals surface area (Å²) in [7, 11) is 0. The van der Waals surface area contributed by atoms with E-state index in [1.54, 1.807) is 0 Å². The minimum Gasteiger partial charge on any atom is -0.343 e. The Balaban J connectivity index is 1.70. The molecular formula is C17H21N3O2. The monoisotopic (exact) mass is 299 g/mol. The van der Waals surface area contributed by atoms with Crippen LogP contribution in [0.1, 0.15) is 54.9 Å². The zero-order valence-corrected chi connectivity index (χ0v) is 13.2. The second kappa shape index (κ2) is 5.55. The Hall–Kier alpha value is -2.17. The van der Waals surface area contributed by atoms with Crippen molar-refractivity contribution in [3.8, 4) is 0 Å². The number of benzene rings is 1. The zero-order chi connectivity index (χ0) is 15.7. The van der Waals surface area contributed by atoms with Crippen molar-refractivity contribution in [1.82, 2.24) is 15.0 Å². The molecule has 116 valence electrons. The Morgan fingerprint density at radius 1 is 1.27 bits per heavy atom. The number of likely N-dealkylation sites (tertiary alicyclic amines) is 1. The van der Waals surface area contributed by atoms with Crippen LogP contribution in [0.5, 0.6) is 0 Å². The summed E-state index contributed by atoms with van der Waals surface area (Å²) < 4.78 is 4.79. The van der Waals surface area contributed by atoms with Crippen molar-refractivity contribution >= 4 is 5.91 Å². The molecule has 1 aromatic carbocycles. The smallest absolute Gasteiger partial charge is 0.253 e. The molecule has 2 heterocycles. The van der Waals surface area contributed by atoms with Gasteiger partial charge in [-0.1, -0.05) is 38.1 Å². The highest BCUT2D eigenvalue weighted by Gasteiger charge is 2.30. The lowest BCUT2D eigenvalue weighted by Crippen LogP contribution is -2.28. The van der Waals surface area contributed by atoms with E-state index in [0.717, 1.165) is 18.5 Å². The quantitative estimate of drug-likeness (QED) is 0.855. The minimum atomic E-state index is 0.0754. The number of carbonyl (C=O) groups excluding carboxylic acids is 1. The van der Waals surface area contributed by atoms with E-state index >= 15 is 0 Å². The van der Waals surface area contributed by atoms with Gasteiger partial charge in [0.25, 0.3) is 5.91 Å². The van der Waals surface area contributed by atoms with Gasteiger partial charge in [-0.15, -0.1) is 0 Å². The van der Waals surface area contributed by atoms with E-state index in [-0.39, 0.29) is 17.2 Å². The van der Waals surface area contributed by atoms with Crippen molar-refractivity contribution in [3.63, 3.8) is 0 Å². The Morgan fingerprint density at radius 2 is 2.00 bits per heavy atom. The third-order valence-corrected chi connectivity index (χ3v) is 4.22. The fourth-order valence-corrected chi connectivity index (χ4v) is 2.81.